The molecule has 0 saturated heterocycles. The minimum absolute atomic E-state index is 0. The van der Waals surface area contributed by atoms with Crippen molar-refractivity contribution in [3.8, 4) is 5.75 Å². The van der Waals surface area contributed by atoms with E-state index in [1.807, 2.05) is 19.1 Å². The average Bonchev–Trinajstić information content (AvgIpc) is 1.93. The van der Waals surface area contributed by atoms with Crippen LogP contribution in [0.15, 0.2) is 24.3 Å². The molecular formula is C9H14NO+. The van der Waals surface area contributed by atoms with Crippen molar-refractivity contribution in [3.63, 3.8) is 0 Å². The molecule has 1 aromatic rings. The van der Waals surface area contributed by atoms with Crippen molar-refractivity contribution in [2.75, 3.05) is 0 Å². The number of aromatic hydroxyl groups is 1. The lowest BCUT2D eigenvalue weighted by molar-refractivity contribution is 0.475. The van der Waals surface area contributed by atoms with Crippen LogP contribution in [0.25, 0.3) is 0 Å². The fraction of sp³-hybridized carbons (Fsp3) is 0.333. The third-order valence-electron chi connectivity index (χ3n) is 1.49. The average molecular weight is 152 g/mol. The number of benzene rings is 1. The summed E-state index contributed by atoms with van der Waals surface area (Å²) in [5.41, 5.74) is 6.76. The van der Waals surface area contributed by atoms with Gasteiger partial charge in [-0.2, -0.15) is 0 Å². The summed E-state index contributed by atoms with van der Waals surface area (Å²) < 4.78 is 0. The zero-order chi connectivity index (χ0) is 8.27. The quantitative estimate of drug-likeness (QED) is 0.672. The van der Waals surface area contributed by atoms with Gasteiger partial charge in [-0.1, -0.05) is 12.1 Å². The van der Waals surface area contributed by atoms with Crippen LogP contribution in [0.3, 0.4) is 0 Å². The second-order valence-corrected chi connectivity index (χ2v) is 2.85. The van der Waals surface area contributed by atoms with E-state index in [-0.39, 0.29) is 7.47 Å². The Labute approximate surface area is 68.1 Å². The van der Waals surface area contributed by atoms with Crippen LogP contribution in [0, 0.1) is 0 Å². The summed E-state index contributed by atoms with van der Waals surface area (Å²) in [7, 11) is 0. The van der Waals surface area contributed by atoms with E-state index in [1.165, 1.54) is 0 Å². The van der Waals surface area contributed by atoms with Crippen molar-refractivity contribution in [2.24, 2.45) is 5.73 Å². The zero-order valence-electron chi connectivity index (χ0n) is 7.62. The minimum atomic E-state index is 0. The van der Waals surface area contributed by atoms with Gasteiger partial charge >= 0.3 is 1.43 Å². The van der Waals surface area contributed by atoms with Gasteiger partial charge in [0.2, 0.25) is 0 Å². The first-order valence-electron chi connectivity index (χ1n) is 3.72. The second-order valence-electron chi connectivity index (χ2n) is 2.85. The highest BCUT2D eigenvalue weighted by Crippen LogP contribution is 2.10. The highest BCUT2D eigenvalue weighted by Gasteiger charge is 1.96. The molecule has 0 saturated carbocycles. The molecule has 3 N–H and O–H groups in total. The molecule has 0 fully saturated rings. The van der Waals surface area contributed by atoms with Gasteiger partial charge in [-0.3, -0.25) is 0 Å². The van der Waals surface area contributed by atoms with E-state index in [9.17, 15) is 0 Å². The number of hydrogen-bond donors (Lipinski definition) is 2. The lowest BCUT2D eigenvalue weighted by Gasteiger charge is -2.03. The van der Waals surface area contributed by atoms with E-state index >= 15 is 0 Å². The molecular weight excluding hydrogens is 138 g/mol. The van der Waals surface area contributed by atoms with Gasteiger partial charge in [0.25, 0.3) is 0 Å². The number of phenolic OH excluding ortho intramolecular Hbond substituents is 1. The Morgan fingerprint density at radius 1 is 1.45 bits per heavy atom. The summed E-state index contributed by atoms with van der Waals surface area (Å²) in [6.07, 6.45) is 0.861. The molecule has 0 spiro atoms. The molecule has 60 valence electrons. The van der Waals surface area contributed by atoms with Gasteiger partial charge in [0.1, 0.15) is 5.75 Å². The molecule has 1 rings (SSSR count). The molecule has 0 aliphatic rings. The van der Waals surface area contributed by atoms with Crippen LogP contribution in [-0.2, 0) is 6.42 Å². The summed E-state index contributed by atoms with van der Waals surface area (Å²) in [5.74, 6) is 0.304. The highest BCUT2D eigenvalue weighted by molar-refractivity contribution is 5.26. The molecule has 0 radical (unpaired) electrons. The first kappa shape index (κ1) is 8.08. The lowest BCUT2D eigenvalue weighted by Crippen LogP contribution is -2.17. The van der Waals surface area contributed by atoms with Crippen molar-refractivity contribution in [2.45, 2.75) is 19.4 Å². The third kappa shape index (κ3) is 2.60. The van der Waals surface area contributed by atoms with Crippen LogP contribution in [0.5, 0.6) is 5.75 Å². The first-order valence-corrected chi connectivity index (χ1v) is 3.72. The molecule has 1 aromatic carbocycles. The minimum Gasteiger partial charge on any atom is -0.508 e. The van der Waals surface area contributed by atoms with Crippen molar-refractivity contribution < 1.29 is 6.53 Å². The van der Waals surface area contributed by atoms with E-state index in [4.69, 9.17) is 10.8 Å². The van der Waals surface area contributed by atoms with Crippen molar-refractivity contribution in [1.82, 2.24) is 0 Å². The van der Waals surface area contributed by atoms with Crippen LogP contribution in [0.1, 0.15) is 13.9 Å². The zero-order valence-corrected chi connectivity index (χ0v) is 6.62. The molecule has 11 heavy (non-hydrogen) atoms. The Morgan fingerprint density at radius 2 is 2.00 bits per heavy atom. The summed E-state index contributed by atoms with van der Waals surface area (Å²) in [6.45, 7) is 1.97. The normalized spacial score (nSPS) is 12.9. The van der Waals surface area contributed by atoms with E-state index in [0.717, 1.165) is 12.0 Å². The maximum atomic E-state index is 8.96. The molecule has 0 aromatic heterocycles. The van der Waals surface area contributed by atoms with E-state index in [1.54, 1.807) is 12.1 Å². The van der Waals surface area contributed by atoms with Gasteiger partial charge < -0.3 is 10.8 Å². The number of rotatable bonds is 2. The Balaban J connectivity index is 0.00000121. The van der Waals surface area contributed by atoms with Crippen LogP contribution < -0.4 is 5.73 Å². The standard InChI is InChI=1S/C9H13NO/c1-7(10)6-8-2-4-9(11)5-3-8/h2-5,7,11H,6,10H2,1H3/p+1. The fourth-order valence-electron chi connectivity index (χ4n) is 1.00. The van der Waals surface area contributed by atoms with Gasteiger partial charge in [-0.25, -0.2) is 0 Å². The molecule has 2 heteroatoms. The monoisotopic (exact) mass is 152 g/mol. The van der Waals surface area contributed by atoms with Gasteiger partial charge in [0, 0.05) is 6.04 Å². The second kappa shape index (κ2) is 3.39. The predicted octanol–water partition coefficient (Wildman–Crippen LogP) is 1.39. The van der Waals surface area contributed by atoms with Crippen LogP contribution in [-0.4, -0.2) is 11.1 Å². The van der Waals surface area contributed by atoms with E-state index in [0.29, 0.717) is 5.75 Å². The number of hydrogen-bond acceptors (Lipinski definition) is 2. The maximum Gasteiger partial charge on any atom is 1.00 e. The first-order chi connectivity index (χ1) is 5.18. The van der Waals surface area contributed by atoms with E-state index in [2.05, 4.69) is 0 Å². The van der Waals surface area contributed by atoms with Gasteiger partial charge in [0.05, 0.1) is 0 Å². The fourth-order valence-corrected chi connectivity index (χ4v) is 1.00. The molecule has 0 aliphatic carbocycles. The third-order valence-corrected chi connectivity index (χ3v) is 1.49. The predicted molar refractivity (Wildman–Crippen MR) is 46.6 cm³/mol. The molecule has 0 aliphatic heterocycles. The Kier molecular flexibility index (Phi) is 2.49. The Bertz CT molecular complexity index is 220. The van der Waals surface area contributed by atoms with Crippen LogP contribution in [0.2, 0.25) is 0 Å². The van der Waals surface area contributed by atoms with E-state index < -0.39 is 0 Å². The largest absolute Gasteiger partial charge is 1.00 e. The Hall–Kier alpha value is -1.02. The lowest BCUT2D eigenvalue weighted by atomic mass is 10.1. The van der Waals surface area contributed by atoms with Crippen molar-refractivity contribution >= 4 is 0 Å². The summed E-state index contributed by atoms with van der Waals surface area (Å²) in [5, 5.41) is 8.96. The molecule has 0 bridgehead atoms. The number of nitrogens with two attached hydrogens (primary N) is 1. The van der Waals surface area contributed by atoms with Crippen molar-refractivity contribution in [3.05, 3.63) is 29.8 Å². The topological polar surface area (TPSA) is 46.2 Å². The number of phenols is 1. The highest BCUT2D eigenvalue weighted by atomic mass is 16.3. The molecule has 1 unspecified atom stereocenters. The van der Waals surface area contributed by atoms with Crippen LogP contribution in [0.4, 0.5) is 0 Å². The maximum absolute atomic E-state index is 8.96. The Morgan fingerprint density at radius 3 is 2.45 bits per heavy atom. The summed E-state index contributed by atoms with van der Waals surface area (Å²) in [4.78, 5) is 0. The smallest absolute Gasteiger partial charge is 0.508 e. The molecule has 2 nitrogen and oxygen atoms in total. The molecule has 0 heterocycles. The SMILES string of the molecule is CC(N)Cc1ccc(O)cc1.[H+]. The summed E-state index contributed by atoms with van der Waals surface area (Å²) >= 11 is 0. The van der Waals surface area contributed by atoms with Gasteiger partial charge in [0.15, 0.2) is 0 Å². The van der Waals surface area contributed by atoms with Gasteiger partial charge in [-0.05, 0) is 31.0 Å². The van der Waals surface area contributed by atoms with Gasteiger partial charge in [-0.15, -0.1) is 0 Å². The molecule has 1 atom stereocenters. The summed E-state index contributed by atoms with van der Waals surface area (Å²) in [6, 6.07) is 7.31. The van der Waals surface area contributed by atoms with Crippen LogP contribution >= 0.6 is 0 Å². The molecule has 0 amide bonds. The van der Waals surface area contributed by atoms with Crippen molar-refractivity contribution in [1.29, 1.82) is 0 Å².